The molecule has 1 N–H and O–H groups in total. The van der Waals surface area contributed by atoms with Crippen molar-refractivity contribution < 1.29 is 14.5 Å². The van der Waals surface area contributed by atoms with E-state index in [2.05, 4.69) is 10.2 Å². The van der Waals surface area contributed by atoms with Gasteiger partial charge in [-0.05, 0) is 19.9 Å². The third-order valence-corrected chi connectivity index (χ3v) is 3.67. The van der Waals surface area contributed by atoms with Crippen LogP contribution in [0.25, 0.3) is 10.9 Å². The van der Waals surface area contributed by atoms with Crippen molar-refractivity contribution in [2.24, 2.45) is 0 Å². The number of ether oxygens (including phenoxy) is 1. The van der Waals surface area contributed by atoms with Crippen molar-refractivity contribution in [2.75, 3.05) is 13.1 Å². The predicted octanol–water partition coefficient (Wildman–Crippen LogP) is 1.72. The van der Waals surface area contributed by atoms with Crippen molar-refractivity contribution in [2.45, 2.75) is 26.1 Å². The number of H-pyrrole nitrogens is 1. The van der Waals surface area contributed by atoms with Crippen molar-refractivity contribution >= 4 is 22.5 Å². The minimum atomic E-state index is -0.487. The zero-order valence-electron chi connectivity index (χ0n) is 12.3. The number of carbonyl (C=O) groups excluding carboxylic acids is 1. The van der Waals surface area contributed by atoms with Crippen LogP contribution in [0.2, 0.25) is 0 Å². The predicted molar refractivity (Wildman–Crippen MR) is 78.7 cm³/mol. The number of hydrogen-bond acceptors (Lipinski definition) is 5. The van der Waals surface area contributed by atoms with Crippen LogP contribution in [0.1, 0.15) is 24.3 Å². The van der Waals surface area contributed by atoms with E-state index in [4.69, 9.17) is 4.74 Å². The number of nitrogens with one attached hydrogen (secondary N) is 1. The van der Waals surface area contributed by atoms with Gasteiger partial charge < -0.3 is 9.64 Å². The van der Waals surface area contributed by atoms with E-state index in [9.17, 15) is 14.9 Å². The number of nitro groups is 1. The first-order chi connectivity index (χ1) is 10.5. The van der Waals surface area contributed by atoms with Gasteiger partial charge in [0.15, 0.2) is 5.69 Å². The number of benzene rings is 1. The number of amides is 1. The Kier molecular flexibility index (Phi) is 3.53. The van der Waals surface area contributed by atoms with Gasteiger partial charge in [-0.2, -0.15) is 5.10 Å². The van der Waals surface area contributed by atoms with Crippen molar-refractivity contribution in [3.05, 3.63) is 34.0 Å². The Labute approximate surface area is 126 Å². The largest absolute Gasteiger partial charge is 0.372 e. The molecule has 2 heterocycles. The van der Waals surface area contributed by atoms with E-state index in [-0.39, 0.29) is 29.5 Å². The lowest BCUT2D eigenvalue weighted by molar-refractivity contribution is -0.384. The highest BCUT2D eigenvalue weighted by Gasteiger charge is 2.29. The average molecular weight is 304 g/mol. The first-order valence-corrected chi connectivity index (χ1v) is 7.03. The van der Waals surface area contributed by atoms with Crippen LogP contribution in [-0.2, 0) is 4.74 Å². The molecule has 8 nitrogen and oxygen atoms in total. The van der Waals surface area contributed by atoms with Crippen LogP contribution >= 0.6 is 0 Å². The summed E-state index contributed by atoms with van der Waals surface area (Å²) >= 11 is 0. The van der Waals surface area contributed by atoms with Crippen molar-refractivity contribution in [1.82, 2.24) is 15.1 Å². The van der Waals surface area contributed by atoms with E-state index in [1.54, 1.807) is 11.0 Å². The number of carbonyl (C=O) groups is 1. The van der Waals surface area contributed by atoms with Crippen LogP contribution in [0.5, 0.6) is 0 Å². The molecular weight excluding hydrogens is 288 g/mol. The van der Waals surface area contributed by atoms with Gasteiger partial charge in [0.1, 0.15) is 0 Å². The SMILES string of the molecule is CC1CN(C(=O)c2n[nH]c3ccc([N+](=O)[O-])cc23)CC(C)O1. The Morgan fingerprint density at radius 1 is 1.41 bits per heavy atom. The minimum absolute atomic E-state index is 0.0488. The van der Waals surface area contributed by atoms with E-state index < -0.39 is 4.92 Å². The standard InChI is InChI=1S/C14H16N4O4/c1-8-6-17(7-9(2)22-8)14(19)13-11-5-10(18(20)21)3-4-12(11)15-16-13/h3-5,8-9H,6-7H2,1-2H3,(H,15,16). The van der Waals surface area contributed by atoms with Crippen LogP contribution in [0.3, 0.4) is 0 Å². The number of nitrogens with zero attached hydrogens (tertiary/aromatic N) is 3. The smallest absolute Gasteiger partial charge is 0.275 e. The van der Waals surface area contributed by atoms with Crippen LogP contribution in [0.4, 0.5) is 5.69 Å². The molecule has 3 rings (SSSR count). The maximum Gasteiger partial charge on any atom is 0.275 e. The molecule has 1 amide bonds. The molecule has 2 atom stereocenters. The molecule has 1 aromatic heterocycles. The normalized spacial score (nSPS) is 22.0. The summed E-state index contributed by atoms with van der Waals surface area (Å²) in [6, 6.07) is 4.31. The van der Waals surface area contributed by atoms with Gasteiger partial charge in [-0.3, -0.25) is 20.0 Å². The van der Waals surface area contributed by atoms with Gasteiger partial charge in [0, 0.05) is 30.6 Å². The zero-order valence-corrected chi connectivity index (χ0v) is 12.3. The van der Waals surface area contributed by atoms with Gasteiger partial charge in [0.2, 0.25) is 0 Å². The molecule has 0 radical (unpaired) electrons. The molecule has 2 aromatic rings. The molecule has 1 aliphatic heterocycles. The minimum Gasteiger partial charge on any atom is -0.372 e. The van der Waals surface area contributed by atoms with Gasteiger partial charge >= 0.3 is 0 Å². The highest BCUT2D eigenvalue weighted by Crippen LogP contribution is 2.24. The number of aromatic nitrogens is 2. The fourth-order valence-corrected chi connectivity index (χ4v) is 2.77. The van der Waals surface area contributed by atoms with Gasteiger partial charge in [-0.1, -0.05) is 0 Å². The summed E-state index contributed by atoms with van der Waals surface area (Å²) in [5, 5.41) is 18.1. The molecule has 1 aliphatic rings. The van der Waals surface area contributed by atoms with E-state index in [1.165, 1.54) is 12.1 Å². The number of morpholine rings is 1. The lowest BCUT2D eigenvalue weighted by atomic mass is 10.1. The van der Waals surface area contributed by atoms with Gasteiger partial charge in [0.05, 0.1) is 22.6 Å². The summed E-state index contributed by atoms with van der Waals surface area (Å²) in [5.74, 6) is -0.242. The molecule has 22 heavy (non-hydrogen) atoms. The van der Waals surface area contributed by atoms with Crippen molar-refractivity contribution in [1.29, 1.82) is 0 Å². The topological polar surface area (TPSA) is 101 Å². The van der Waals surface area contributed by atoms with Crippen molar-refractivity contribution in [3.8, 4) is 0 Å². The van der Waals surface area contributed by atoms with Crippen LogP contribution in [-0.4, -0.2) is 51.2 Å². The van der Waals surface area contributed by atoms with E-state index >= 15 is 0 Å². The lowest BCUT2D eigenvalue weighted by Crippen LogP contribution is -2.48. The molecule has 8 heteroatoms. The molecular formula is C14H16N4O4. The molecule has 0 saturated carbocycles. The van der Waals surface area contributed by atoms with E-state index in [0.717, 1.165) is 0 Å². The number of rotatable bonds is 2. The second-order valence-corrected chi connectivity index (χ2v) is 5.53. The van der Waals surface area contributed by atoms with Gasteiger partial charge in [-0.25, -0.2) is 0 Å². The Morgan fingerprint density at radius 3 is 2.73 bits per heavy atom. The number of aromatic amines is 1. The molecule has 0 aliphatic carbocycles. The first kappa shape index (κ1) is 14.5. The molecule has 2 unspecified atom stereocenters. The number of hydrogen-bond donors (Lipinski definition) is 1. The van der Waals surface area contributed by atoms with Gasteiger partial charge in [0.25, 0.3) is 11.6 Å². The Morgan fingerprint density at radius 2 is 2.09 bits per heavy atom. The second-order valence-electron chi connectivity index (χ2n) is 5.53. The highest BCUT2D eigenvalue weighted by molar-refractivity contribution is 6.05. The number of fused-ring (bicyclic) bond motifs is 1. The summed E-state index contributed by atoms with van der Waals surface area (Å²) in [6.45, 7) is 4.77. The summed E-state index contributed by atoms with van der Waals surface area (Å²) in [6.07, 6.45) is -0.0977. The quantitative estimate of drug-likeness (QED) is 0.672. The molecule has 1 aromatic carbocycles. The van der Waals surface area contributed by atoms with Crippen LogP contribution in [0.15, 0.2) is 18.2 Å². The summed E-state index contributed by atoms with van der Waals surface area (Å²) in [7, 11) is 0. The lowest BCUT2D eigenvalue weighted by Gasteiger charge is -2.34. The maximum absolute atomic E-state index is 12.7. The fourth-order valence-electron chi connectivity index (χ4n) is 2.77. The Balaban J connectivity index is 1.96. The second kappa shape index (κ2) is 5.38. The Hall–Kier alpha value is -2.48. The molecule has 1 saturated heterocycles. The van der Waals surface area contributed by atoms with E-state index in [0.29, 0.717) is 24.0 Å². The molecule has 1 fully saturated rings. The third-order valence-electron chi connectivity index (χ3n) is 3.67. The van der Waals surface area contributed by atoms with Gasteiger partial charge in [-0.15, -0.1) is 0 Å². The summed E-state index contributed by atoms with van der Waals surface area (Å²) < 4.78 is 5.61. The maximum atomic E-state index is 12.7. The van der Waals surface area contributed by atoms with Crippen LogP contribution in [0, 0.1) is 10.1 Å². The monoisotopic (exact) mass is 304 g/mol. The fraction of sp³-hybridized carbons (Fsp3) is 0.429. The highest BCUT2D eigenvalue weighted by atomic mass is 16.6. The molecule has 0 spiro atoms. The molecule has 116 valence electrons. The molecule has 0 bridgehead atoms. The third kappa shape index (κ3) is 2.52. The summed E-state index contributed by atoms with van der Waals surface area (Å²) in [5.41, 5.74) is 0.745. The zero-order chi connectivity index (χ0) is 15.9. The number of non-ortho nitro benzene ring substituents is 1. The first-order valence-electron chi connectivity index (χ1n) is 7.03. The number of nitro benzene ring substituents is 1. The van der Waals surface area contributed by atoms with Crippen molar-refractivity contribution in [3.63, 3.8) is 0 Å². The summed E-state index contributed by atoms with van der Waals surface area (Å²) in [4.78, 5) is 24.8. The Bertz CT molecular complexity index is 732. The van der Waals surface area contributed by atoms with E-state index in [1.807, 2.05) is 13.8 Å². The average Bonchev–Trinajstić information content (AvgIpc) is 2.88. The van der Waals surface area contributed by atoms with Crippen LogP contribution < -0.4 is 0 Å².